The molecule has 4 nitrogen and oxygen atoms in total. The van der Waals surface area contributed by atoms with Gasteiger partial charge in [-0.05, 0) is 39.2 Å². The lowest BCUT2D eigenvalue weighted by Crippen LogP contribution is -2.47. The first-order chi connectivity index (χ1) is 8.70. The summed E-state index contributed by atoms with van der Waals surface area (Å²) in [4.78, 5) is 14.4. The molecule has 18 heavy (non-hydrogen) atoms. The minimum absolute atomic E-state index is 0.00863. The normalized spacial score (nSPS) is 16.9. The van der Waals surface area contributed by atoms with Crippen molar-refractivity contribution in [2.45, 2.75) is 64.5 Å². The average Bonchev–Trinajstić information content (AvgIpc) is 3.19. The smallest absolute Gasteiger partial charge is 0.237 e. The predicted molar refractivity (Wildman–Crippen MR) is 75.4 cm³/mol. The van der Waals surface area contributed by atoms with Gasteiger partial charge in [-0.15, -0.1) is 0 Å². The molecule has 0 radical (unpaired) electrons. The van der Waals surface area contributed by atoms with Gasteiger partial charge in [-0.2, -0.15) is 0 Å². The third kappa shape index (κ3) is 5.36. The summed E-state index contributed by atoms with van der Waals surface area (Å²) in [5.41, 5.74) is 5.56. The van der Waals surface area contributed by atoms with E-state index in [0.29, 0.717) is 12.6 Å². The van der Waals surface area contributed by atoms with Gasteiger partial charge in [-0.25, -0.2) is 0 Å². The Kier molecular flexibility index (Phi) is 7.28. The van der Waals surface area contributed by atoms with Crippen molar-refractivity contribution in [3.05, 3.63) is 0 Å². The Bertz CT molecular complexity index is 241. The number of amides is 1. The van der Waals surface area contributed by atoms with Crippen molar-refractivity contribution in [3.63, 3.8) is 0 Å². The summed E-state index contributed by atoms with van der Waals surface area (Å²) in [7, 11) is 0. The highest BCUT2D eigenvalue weighted by Crippen LogP contribution is 2.28. The lowest BCUT2D eigenvalue weighted by molar-refractivity contribution is -0.126. The van der Waals surface area contributed by atoms with Crippen LogP contribution >= 0.6 is 0 Å². The van der Waals surface area contributed by atoms with E-state index < -0.39 is 0 Å². The highest BCUT2D eigenvalue weighted by atomic mass is 16.2. The van der Waals surface area contributed by atoms with Crippen molar-refractivity contribution < 1.29 is 4.79 Å². The molecule has 1 atom stereocenters. The van der Waals surface area contributed by atoms with Crippen LogP contribution in [0.3, 0.4) is 0 Å². The third-order valence-electron chi connectivity index (χ3n) is 3.59. The molecule has 1 rings (SSSR count). The Labute approximate surface area is 111 Å². The number of carbonyl (C=O) groups is 1. The van der Waals surface area contributed by atoms with E-state index in [2.05, 4.69) is 17.1 Å². The van der Waals surface area contributed by atoms with Gasteiger partial charge < -0.3 is 11.1 Å². The summed E-state index contributed by atoms with van der Waals surface area (Å²) in [6.45, 7) is 6.65. The summed E-state index contributed by atoms with van der Waals surface area (Å²) in [6.07, 6.45) is 6.91. The number of nitrogens with two attached hydrogens (primary N) is 1. The first-order valence-corrected chi connectivity index (χ1v) is 7.44. The zero-order valence-corrected chi connectivity index (χ0v) is 12.0. The molecular formula is C14H29N3O. The quantitative estimate of drug-likeness (QED) is 0.582. The molecule has 1 saturated carbocycles. The molecule has 1 unspecified atom stereocenters. The topological polar surface area (TPSA) is 58.4 Å². The first-order valence-electron chi connectivity index (χ1n) is 7.44. The first kappa shape index (κ1) is 15.4. The molecular weight excluding hydrogens is 226 g/mol. The van der Waals surface area contributed by atoms with Crippen molar-refractivity contribution in [3.8, 4) is 0 Å². The van der Waals surface area contributed by atoms with E-state index in [-0.39, 0.29) is 11.9 Å². The molecule has 0 aromatic carbocycles. The monoisotopic (exact) mass is 255 g/mol. The number of nitrogens with zero attached hydrogens (tertiary/aromatic N) is 1. The molecule has 0 bridgehead atoms. The molecule has 106 valence electrons. The molecule has 0 aliphatic heterocycles. The van der Waals surface area contributed by atoms with E-state index in [4.69, 9.17) is 5.73 Å². The van der Waals surface area contributed by atoms with Gasteiger partial charge in [0.25, 0.3) is 0 Å². The summed E-state index contributed by atoms with van der Waals surface area (Å²) >= 11 is 0. The summed E-state index contributed by atoms with van der Waals surface area (Å²) in [6, 6.07) is 0.610. The fourth-order valence-electron chi connectivity index (χ4n) is 2.26. The number of rotatable bonds is 10. The number of hydrogen-bond acceptors (Lipinski definition) is 3. The molecule has 4 heteroatoms. The van der Waals surface area contributed by atoms with E-state index in [1.807, 2.05) is 6.92 Å². The molecule has 0 heterocycles. The van der Waals surface area contributed by atoms with Crippen LogP contribution in [0.15, 0.2) is 0 Å². The van der Waals surface area contributed by atoms with Crippen LogP contribution in [0.5, 0.6) is 0 Å². The van der Waals surface area contributed by atoms with Crippen LogP contribution in [0.2, 0.25) is 0 Å². The maximum absolute atomic E-state index is 12.1. The molecule has 1 amide bonds. The van der Waals surface area contributed by atoms with Gasteiger partial charge in [0.05, 0.1) is 6.04 Å². The molecule has 1 fully saturated rings. The zero-order chi connectivity index (χ0) is 13.4. The Morgan fingerprint density at radius 3 is 2.67 bits per heavy atom. The SMILES string of the molecule is CCCCCNC(=O)C(C)N(CCCN)C1CC1. The van der Waals surface area contributed by atoms with Gasteiger partial charge in [0, 0.05) is 19.1 Å². The van der Waals surface area contributed by atoms with Gasteiger partial charge in [0.1, 0.15) is 0 Å². The van der Waals surface area contributed by atoms with Crippen molar-refractivity contribution in [2.75, 3.05) is 19.6 Å². The largest absolute Gasteiger partial charge is 0.355 e. The van der Waals surface area contributed by atoms with Gasteiger partial charge in [0.15, 0.2) is 0 Å². The third-order valence-corrected chi connectivity index (χ3v) is 3.59. The molecule has 0 spiro atoms. The maximum Gasteiger partial charge on any atom is 0.237 e. The van der Waals surface area contributed by atoms with Crippen LogP contribution < -0.4 is 11.1 Å². The van der Waals surface area contributed by atoms with E-state index in [1.54, 1.807) is 0 Å². The van der Waals surface area contributed by atoms with Crippen molar-refractivity contribution >= 4 is 5.91 Å². The van der Waals surface area contributed by atoms with Gasteiger partial charge in [0.2, 0.25) is 5.91 Å². The van der Waals surface area contributed by atoms with Crippen LogP contribution in [0.1, 0.15) is 52.4 Å². The second-order valence-electron chi connectivity index (χ2n) is 5.29. The average molecular weight is 255 g/mol. The van der Waals surface area contributed by atoms with Crippen molar-refractivity contribution in [2.24, 2.45) is 5.73 Å². The predicted octanol–water partition coefficient (Wildman–Crippen LogP) is 1.49. The fourth-order valence-corrected chi connectivity index (χ4v) is 2.26. The molecule has 1 aliphatic carbocycles. The van der Waals surface area contributed by atoms with Gasteiger partial charge in [-0.3, -0.25) is 9.69 Å². The number of hydrogen-bond donors (Lipinski definition) is 2. The maximum atomic E-state index is 12.1. The Morgan fingerprint density at radius 2 is 2.11 bits per heavy atom. The summed E-state index contributed by atoms with van der Waals surface area (Å²) in [5, 5.41) is 3.04. The highest BCUT2D eigenvalue weighted by Gasteiger charge is 2.34. The van der Waals surface area contributed by atoms with Crippen LogP contribution in [-0.2, 0) is 4.79 Å². The van der Waals surface area contributed by atoms with Crippen LogP contribution in [0.25, 0.3) is 0 Å². The minimum Gasteiger partial charge on any atom is -0.355 e. The Hall–Kier alpha value is -0.610. The molecule has 0 aromatic heterocycles. The lowest BCUT2D eigenvalue weighted by atomic mass is 10.2. The molecule has 1 aliphatic rings. The number of carbonyl (C=O) groups excluding carboxylic acids is 1. The minimum atomic E-state index is -0.00863. The van der Waals surface area contributed by atoms with Crippen LogP contribution in [0, 0.1) is 0 Å². The second kappa shape index (κ2) is 8.48. The van der Waals surface area contributed by atoms with E-state index >= 15 is 0 Å². The summed E-state index contributed by atoms with van der Waals surface area (Å²) in [5.74, 6) is 0.176. The second-order valence-corrected chi connectivity index (χ2v) is 5.29. The standard InChI is InChI=1S/C14H29N3O/c1-3-4-5-10-16-14(18)12(2)17(11-6-9-15)13-7-8-13/h12-13H,3-11,15H2,1-2H3,(H,16,18). The molecule has 0 aromatic rings. The van der Waals surface area contributed by atoms with Crippen molar-refractivity contribution in [1.82, 2.24) is 10.2 Å². The van der Waals surface area contributed by atoms with Gasteiger partial charge in [-0.1, -0.05) is 19.8 Å². The Balaban J connectivity index is 2.29. The van der Waals surface area contributed by atoms with E-state index in [9.17, 15) is 4.79 Å². The van der Waals surface area contributed by atoms with Crippen LogP contribution in [-0.4, -0.2) is 42.5 Å². The highest BCUT2D eigenvalue weighted by molar-refractivity contribution is 5.81. The van der Waals surface area contributed by atoms with E-state index in [1.165, 1.54) is 25.7 Å². The Morgan fingerprint density at radius 1 is 1.39 bits per heavy atom. The number of nitrogens with one attached hydrogen (secondary N) is 1. The van der Waals surface area contributed by atoms with Crippen molar-refractivity contribution in [1.29, 1.82) is 0 Å². The summed E-state index contributed by atoms with van der Waals surface area (Å²) < 4.78 is 0. The molecule has 3 N–H and O–H groups in total. The van der Waals surface area contributed by atoms with Gasteiger partial charge >= 0.3 is 0 Å². The van der Waals surface area contributed by atoms with Crippen LogP contribution in [0.4, 0.5) is 0 Å². The lowest BCUT2D eigenvalue weighted by Gasteiger charge is -2.28. The van der Waals surface area contributed by atoms with E-state index in [0.717, 1.165) is 25.9 Å². The number of unbranched alkanes of at least 4 members (excludes halogenated alkanes) is 2. The molecule has 0 saturated heterocycles. The fraction of sp³-hybridized carbons (Fsp3) is 0.929. The zero-order valence-electron chi connectivity index (χ0n) is 12.0.